The molecule has 0 atom stereocenters. The summed E-state index contributed by atoms with van der Waals surface area (Å²) in [7, 11) is 0. The summed E-state index contributed by atoms with van der Waals surface area (Å²) in [5.74, 6) is -0.432. The number of aromatic nitrogens is 2. The molecular weight excluding hydrogens is 228 g/mol. The molecule has 0 fully saturated rings. The first-order valence-electron chi connectivity index (χ1n) is 5.91. The molecule has 0 bridgehead atoms. The largest absolute Gasteiger partial charge is 0.478 e. The third kappa shape index (κ3) is 2.77. The lowest BCUT2D eigenvalue weighted by atomic mass is 10.0. The monoisotopic (exact) mass is 244 g/mol. The zero-order chi connectivity index (χ0) is 13.1. The highest BCUT2D eigenvalue weighted by atomic mass is 16.4. The lowest BCUT2D eigenvalue weighted by molar-refractivity contribution is 0.0697. The van der Waals surface area contributed by atoms with Crippen LogP contribution in [0.3, 0.4) is 0 Å². The third-order valence-corrected chi connectivity index (χ3v) is 2.87. The van der Waals surface area contributed by atoms with Crippen LogP contribution in [0.4, 0.5) is 0 Å². The van der Waals surface area contributed by atoms with E-state index in [0.29, 0.717) is 12.5 Å². The summed E-state index contributed by atoms with van der Waals surface area (Å²) in [5, 5.41) is 12.8. The van der Waals surface area contributed by atoms with Gasteiger partial charge in [-0.05, 0) is 17.0 Å². The van der Waals surface area contributed by atoms with Crippen LogP contribution in [0.5, 0.6) is 0 Å². The topological polar surface area (TPSA) is 55.1 Å². The second-order valence-corrected chi connectivity index (χ2v) is 4.63. The van der Waals surface area contributed by atoms with Gasteiger partial charge in [0, 0.05) is 6.20 Å². The van der Waals surface area contributed by atoms with Crippen LogP contribution in [0.15, 0.2) is 36.7 Å². The van der Waals surface area contributed by atoms with Gasteiger partial charge in [-0.15, -0.1) is 0 Å². The number of rotatable bonds is 4. The number of hydrogen-bond donors (Lipinski definition) is 1. The van der Waals surface area contributed by atoms with E-state index in [2.05, 4.69) is 43.2 Å². The molecule has 0 aliphatic heterocycles. The minimum Gasteiger partial charge on any atom is -0.478 e. The van der Waals surface area contributed by atoms with Crippen LogP contribution in [-0.4, -0.2) is 20.9 Å². The van der Waals surface area contributed by atoms with E-state index in [1.807, 2.05) is 0 Å². The SMILES string of the molecule is CC(C)c1ccc(Cn2cc(C(=O)O)cn2)cc1. The number of carbonyl (C=O) groups is 1. The highest BCUT2D eigenvalue weighted by Gasteiger charge is 2.06. The minimum atomic E-state index is -0.948. The van der Waals surface area contributed by atoms with Crippen molar-refractivity contribution in [3.05, 3.63) is 53.3 Å². The number of nitrogens with zero attached hydrogens (tertiary/aromatic N) is 2. The van der Waals surface area contributed by atoms with Crippen molar-refractivity contribution in [3.8, 4) is 0 Å². The number of benzene rings is 1. The van der Waals surface area contributed by atoms with Gasteiger partial charge in [-0.1, -0.05) is 38.1 Å². The van der Waals surface area contributed by atoms with Crippen LogP contribution in [0.2, 0.25) is 0 Å². The Hall–Kier alpha value is -2.10. The zero-order valence-electron chi connectivity index (χ0n) is 10.5. The molecule has 4 nitrogen and oxygen atoms in total. The summed E-state index contributed by atoms with van der Waals surface area (Å²) >= 11 is 0. The van der Waals surface area contributed by atoms with Gasteiger partial charge in [-0.2, -0.15) is 5.10 Å². The van der Waals surface area contributed by atoms with Crippen molar-refractivity contribution in [2.45, 2.75) is 26.3 Å². The molecular formula is C14H16N2O2. The summed E-state index contributed by atoms with van der Waals surface area (Å²) in [6.07, 6.45) is 2.91. The Morgan fingerprint density at radius 2 is 2.00 bits per heavy atom. The molecule has 0 saturated carbocycles. The van der Waals surface area contributed by atoms with Crippen LogP contribution in [0.1, 0.15) is 41.3 Å². The fraction of sp³-hybridized carbons (Fsp3) is 0.286. The van der Waals surface area contributed by atoms with E-state index in [1.54, 1.807) is 10.9 Å². The van der Waals surface area contributed by atoms with E-state index in [4.69, 9.17) is 5.11 Å². The van der Waals surface area contributed by atoms with Gasteiger partial charge in [-0.25, -0.2) is 4.79 Å². The molecule has 0 spiro atoms. The van der Waals surface area contributed by atoms with Gasteiger partial charge in [0.25, 0.3) is 0 Å². The number of carboxylic acids is 1. The molecule has 0 aliphatic rings. The Balaban J connectivity index is 2.10. The van der Waals surface area contributed by atoms with Crippen LogP contribution in [-0.2, 0) is 6.54 Å². The molecule has 4 heteroatoms. The maximum Gasteiger partial charge on any atom is 0.338 e. The predicted molar refractivity (Wildman–Crippen MR) is 68.8 cm³/mol. The standard InChI is InChI=1S/C14H16N2O2/c1-10(2)12-5-3-11(4-6-12)8-16-9-13(7-15-16)14(17)18/h3-7,9-10H,8H2,1-2H3,(H,17,18). The lowest BCUT2D eigenvalue weighted by Gasteiger charge is -2.07. The van der Waals surface area contributed by atoms with Crippen LogP contribution in [0.25, 0.3) is 0 Å². The number of carboxylic acid groups (broad SMARTS) is 1. The van der Waals surface area contributed by atoms with Gasteiger partial charge < -0.3 is 5.11 Å². The summed E-state index contributed by atoms with van der Waals surface area (Å²) in [6, 6.07) is 8.30. The molecule has 0 amide bonds. The summed E-state index contributed by atoms with van der Waals surface area (Å²) in [6.45, 7) is 4.90. The molecule has 1 N–H and O–H groups in total. The Labute approximate surface area is 106 Å². The number of aromatic carboxylic acids is 1. The van der Waals surface area contributed by atoms with Gasteiger partial charge >= 0.3 is 5.97 Å². The van der Waals surface area contributed by atoms with Gasteiger partial charge in [0.2, 0.25) is 0 Å². The fourth-order valence-electron chi connectivity index (χ4n) is 1.76. The van der Waals surface area contributed by atoms with Crippen LogP contribution in [0, 0.1) is 0 Å². The van der Waals surface area contributed by atoms with E-state index in [-0.39, 0.29) is 5.56 Å². The van der Waals surface area contributed by atoms with E-state index < -0.39 is 5.97 Å². The van der Waals surface area contributed by atoms with Crippen LogP contribution < -0.4 is 0 Å². The normalized spacial score (nSPS) is 10.8. The maximum atomic E-state index is 10.7. The first kappa shape index (κ1) is 12.4. The molecule has 94 valence electrons. The van der Waals surface area contributed by atoms with Gasteiger partial charge in [0.05, 0.1) is 18.3 Å². The molecule has 2 aromatic rings. The van der Waals surface area contributed by atoms with Crippen molar-refractivity contribution in [1.29, 1.82) is 0 Å². The lowest BCUT2D eigenvalue weighted by Crippen LogP contribution is -2.00. The summed E-state index contributed by atoms with van der Waals surface area (Å²) < 4.78 is 1.63. The average Bonchev–Trinajstić information content (AvgIpc) is 2.78. The predicted octanol–water partition coefficient (Wildman–Crippen LogP) is 2.75. The van der Waals surface area contributed by atoms with Crippen LogP contribution >= 0.6 is 0 Å². The van der Waals surface area contributed by atoms with Crippen molar-refractivity contribution in [2.24, 2.45) is 0 Å². The zero-order valence-corrected chi connectivity index (χ0v) is 10.5. The van der Waals surface area contributed by atoms with Gasteiger partial charge in [0.15, 0.2) is 0 Å². The Morgan fingerprint density at radius 3 is 2.50 bits per heavy atom. The Kier molecular flexibility index (Phi) is 3.46. The van der Waals surface area contributed by atoms with E-state index in [1.165, 1.54) is 11.8 Å². The molecule has 0 radical (unpaired) electrons. The van der Waals surface area contributed by atoms with Crippen molar-refractivity contribution < 1.29 is 9.90 Å². The second kappa shape index (κ2) is 5.04. The molecule has 2 rings (SSSR count). The highest BCUT2D eigenvalue weighted by molar-refractivity contribution is 5.86. The Bertz CT molecular complexity index is 541. The summed E-state index contributed by atoms with van der Waals surface area (Å²) in [5.41, 5.74) is 2.62. The van der Waals surface area contributed by atoms with Crippen molar-refractivity contribution in [3.63, 3.8) is 0 Å². The van der Waals surface area contributed by atoms with Crippen molar-refractivity contribution in [1.82, 2.24) is 9.78 Å². The molecule has 1 aromatic heterocycles. The molecule has 18 heavy (non-hydrogen) atoms. The van der Waals surface area contributed by atoms with Gasteiger partial charge in [0.1, 0.15) is 0 Å². The first-order chi connectivity index (χ1) is 8.56. The van der Waals surface area contributed by atoms with Crippen molar-refractivity contribution in [2.75, 3.05) is 0 Å². The molecule has 0 aliphatic carbocycles. The smallest absolute Gasteiger partial charge is 0.338 e. The Morgan fingerprint density at radius 1 is 1.33 bits per heavy atom. The van der Waals surface area contributed by atoms with E-state index >= 15 is 0 Å². The minimum absolute atomic E-state index is 0.216. The highest BCUT2D eigenvalue weighted by Crippen LogP contribution is 2.15. The fourth-order valence-corrected chi connectivity index (χ4v) is 1.76. The molecule has 0 unspecified atom stereocenters. The first-order valence-corrected chi connectivity index (χ1v) is 5.91. The molecule has 1 heterocycles. The number of hydrogen-bond acceptors (Lipinski definition) is 2. The van der Waals surface area contributed by atoms with Crippen molar-refractivity contribution >= 4 is 5.97 Å². The third-order valence-electron chi connectivity index (χ3n) is 2.87. The van der Waals surface area contributed by atoms with E-state index in [9.17, 15) is 4.79 Å². The average molecular weight is 244 g/mol. The maximum absolute atomic E-state index is 10.7. The quantitative estimate of drug-likeness (QED) is 0.899. The second-order valence-electron chi connectivity index (χ2n) is 4.63. The van der Waals surface area contributed by atoms with Gasteiger partial charge in [-0.3, -0.25) is 4.68 Å². The molecule has 1 aromatic carbocycles. The van der Waals surface area contributed by atoms with E-state index in [0.717, 1.165) is 5.56 Å². The summed E-state index contributed by atoms with van der Waals surface area (Å²) in [4.78, 5) is 10.7. The molecule has 0 saturated heterocycles.